The van der Waals surface area contributed by atoms with Gasteiger partial charge in [0.1, 0.15) is 17.9 Å². The van der Waals surface area contributed by atoms with E-state index in [9.17, 15) is 0 Å². The molecule has 20 heavy (non-hydrogen) atoms. The second-order valence-corrected chi connectivity index (χ2v) is 5.01. The third-order valence-corrected chi connectivity index (χ3v) is 3.54. The van der Waals surface area contributed by atoms with Crippen LogP contribution in [-0.2, 0) is 12.8 Å². The molecule has 0 aliphatic heterocycles. The van der Waals surface area contributed by atoms with Crippen molar-refractivity contribution in [2.24, 2.45) is 0 Å². The first-order chi connectivity index (χ1) is 9.85. The topological polar surface area (TPSA) is 47.0 Å². The van der Waals surface area contributed by atoms with Gasteiger partial charge in [-0.05, 0) is 55.9 Å². The second-order valence-electron chi connectivity index (χ2n) is 5.01. The number of nitrogens with one attached hydrogen (secondary N) is 1. The molecule has 1 aliphatic rings. The third kappa shape index (κ3) is 2.90. The lowest BCUT2D eigenvalue weighted by Crippen LogP contribution is -2.03. The van der Waals surface area contributed by atoms with E-state index >= 15 is 0 Å². The first-order valence-corrected chi connectivity index (χ1v) is 7.21. The van der Waals surface area contributed by atoms with Crippen LogP contribution in [0.5, 0.6) is 11.6 Å². The van der Waals surface area contributed by atoms with E-state index in [1.165, 1.54) is 36.7 Å². The van der Waals surface area contributed by atoms with Gasteiger partial charge < -0.3 is 10.1 Å². The Labute approximate surface area is 119 Å². The van der Waals surface area contributed by atoms with Crippen LogP contribution in [0.25, 0.3) is 0 Å². The standard InChI is InChI=1S/C16H19N3O/c1-2-17-15-10-16(19-11-18-15)20-14-8-7-12-5-3-4-6-13(12)9-14/h7-11H,2-6H2,1H3,(H,17,18,19). The highest BCUT2D eigenvalue weighted by atomic mass is 16.5. The van der Waals surface area contributed by atoms with E-state index in [1.807, 2.05) is 19.1 Å². The van der Waals surface area contributed by atoms with E-state index in [0.29, 0.717) is 5.88 Å². The van der Waals surface area contributed by atoms with E-state index in [1.54, 1.807) is 0 Å². The van der Waals surface area contributed by atoms with E-state index in [4.69, 9.17) is 4.74 Å². The van der Waals surface area contributed by atoms with Gasteiger partial charge in [0.05, 0.1) is 0 Å². The summed E-state index contributed by atoms with van der Waals surface area (Å²) in [5.74, 6) is 2.22. The first-order valence-electron chi connectivity index (χ1n) is 7.21. The summed E-state index contributed by atoms with van der Waals surface area (Å²) in [5, 5.41) is 3.15. The second kappa shape index (κ2) is 5.90. The number of aromatic nitrogens is 2. The highest BCUT2D eigenvalue weighted by Crippen LogP contribution is 2.28. The number of fused-ring (bicyclic) bond motifs is 1. The highest BCUT2D eigenvalue weighted by molar-refractivity contribution is 5.41. The third-order valence-electron chi connectivity index (χ3n) is 3.54. The Bertz CT molecular complexity index is 598. The lowest BCUT2D eigenvalue weighted by molar-refractivity contribution is 0.460. The zero-order chi connectivity index (χ0) is 13.8. The smallest absolute Gasteiger partial charge is 0.224 e. The van der Waals surface area contributed by atoms with Crippen LogP contribution in [0, 0.1) is 0 Å². The monoisotopic (exact) mass is 269 g/mol. The molecule has 0 atom stereocenters. The minimum absolute atomic E-state index is 0.576. The van der Waals surface area contributed by atoms with Gasteiger partial charge in [0.15, 0.2) is 0 Å². The summed E-state index contributed by atoms with van der Waals surface area (Å²) in [7, 11) is 0. The quantitative estimate of drug-likeness (QED) is 0.921. The number of hydrogen-bond donors (Lipinski definition) is 1. The number of aryl methyl sites for hydroxylation is 2. The van der Waals surface area contributed by atoms with Gasteiger partial charge in [-0.15, -0.1) is 0 Å². The van der Waals surface area contributed by atoms with Crippen molar-refractivity contribution in [1.82, 2.24) is 9.97 Å². The van der Waals surface area contributed by atoms with Crippen molar-refractivity contribution < 1.29 is 4.74 Å². The maximum atomic E-state index is 5.84. The van der Waals surface area contributed by atoms with Gasteiger partial charge in [-0.2, -0.15) is 0 Å². The maximum Gasteiger partial charge on any atom is 0.224 e. The van der Waals surface area contributed by atoms with Gasteiger partial charge in [-0.3, -0.25) is 0 Å². The molecule has 104 valence electrons. The molecule has 0 spiro atoms. The largest absolute Gasteiger partial charge is 0.439 e. The molecule has 0 unspecified atom stereocenters. The lowest BCUT2D eigenvalue weighted by Gasteiger charge is -2.16. The minimum atomic E-state index is 0.576. The molecule has 0 amide bonds. The molecular weight excluding hydrogens is 250 g/mol. The van der Waals surface area contributed by atoms with Gasteiger partial charge in [-0.25, -0.2) is 9.97 Å². The predicted molar refractivity (Wildman–Crippen MR) is 79.4 cm³/mol. The fourth-order valence-corrected chi connectivity index (χ4v) is 2.57. The van der Waals surface area contributed by atoms with Crippen LogP contribution in [0.3, 0.4) is 0 Å². The van der Waals surface area contributed by atoms with Gasteiger partial charge in [0, 0.05) is 12.6 Å². The summed E-state index contributed by atoms with van der Waals surface area (Å²) in [5.41, 5.74) is 2.87. The number of anilines is 1. The van der Waals surface area contributed by atoms with Crippen molar-refractivity contribution >= 4 is 5.82 Å². The fourth-order valence-electron chi connectivity index (χ4n) is 2.57. The zero-order valence-electron chi connectivity index (χ0n) is 11.7. The summed E-state index contributed by atoms with van der Waals surface area (Å²) >= 11 is 0. The van der Waals surface area contributed by atoms with Crippen LogP contribution in [-0.4, -0.2) is 16.5 Å². The summed E-state index contributed by atoms with van der Waals surface area (Å²) in [4.78, 5) is 8.29. The average molecular weight is 269 g/mol. The minimum Gasteiger partial charge on any atom is -0.439 e. The SMILES string of the molecule is CCNc1cc(Oc2ccc3c(c2)CCCC3)ncn1. The molecule has 0 saturated heterocycles. The van der Waals surface area contributed by atoms with Crippen LogP contribution in [0.15, 0.2) is 30.6 Å². The Balaban J connectivity index is 1.78. The summed E-state index contributed by atoms with van der Waals surface area (Å²) in [6, 6.07) is 8.17. The summed E-state index contributed by atoms with van der Waals surface area (Å²) in [6.45, 7) is 2.86. The molecule has 0 bridgehead atoms. The number of benzene rings is 1. The molecule has 4 nitrogen and oxygen atoms in total. The molecule has 0 radical (unpaired) electrons. The molecule has 0 saturated carbocycles. The van der Waals surface area contributed by atoms with Gasteiger partial charge >= 0.3 is 0 Å². The van der Waals surface area contributed by atoms with Crippen molar-refractivity contribution in [3.8, 4) is 11.6 Å². The van der Waals surface area contributed by atoms with E-state index in [-0.39, 0.29) is 0 Å². The fraction of sp³-hybridized carbons (Fsp3) is 0.375. The van der Waals surface area contributed by atoms with Crippen molar-refractivity contribution in [2.45, 2.75) is 32.6 Å². The van der Waals surface area contributed by atoms with Crippen molar-refractivity contribution in [1.29, 1.82) is 0 Å². The highest BCUT2D eigenvalue weighted by Gasteiger charge is 2.10. The Morgan fingerprint density at radius 1 is 1.10 bits per heavy atom. The van der Waals surface area contributed by atoms with Crippen LogP contribution in [0.2, 0.25) is 0 Å². The number of ether oxygens (including phenoxy) is 1. The van der Waals surface area contributed by atoms with E-state index in [2.05, 4.69) is 27.4 Å². The average Bonchev–Trinajstić information content (AvgIpc) is 2.48. The molecule has 1 aromatic carbocycles. The Hall–Kier alpha value is -2.10. The molecule has 0 fully saturated rings. The van der Waals surface area contributed by atoms with Gasteiger partial charge in [0.2, 0.25) is 5.88 Å². The normalized spacial score (nSPS) is 13.7. The molecule has 1 heterocycles. The Morgan fingerprint density at radius 3 is 2.80 bits per heavy atom. The van der Waals surface area contributed by atoms with Gasteiger partial charge in [-0.1, -0.05) is 6.07 Å². The summed E-state index contributed by atoms with van der Waals surface area (Å²) < 4.78 is 5.84. The van der Waals surface area contributed by atoms with Crippen LogP contribution in [0.4, 0.5) is 5.82 Å². The lowest BCUT2D eigenvalue weighted by atomic mass is 9.92. The molecule has 2 aromatic rings. The zero-order valence-corrected chi connectivity index (χ0v) is 11.7. The van der Waals surface area contributed by atoms with Crippen LogP contribution >= 0.6 is 0 Å². The van der Waals surface area contributed by atoms with E-state index in [0.717, 1.165) is 24.5 Å². The van der Waals surface area contributed by atoms with Gasteiger partial charge in [0.25, 0.3) is 0 Å². The molecule has 1 N–H and O–H groups in total. The van der Waals surface area contributed by atoms with Crippen LogP contribution < -0.4 is 10.1 Å². The number of hydrogen-bond acceptors (Lipinski definition) is 4. The van der Waals surface area contributed by atoms with Crippen molar-refractivity contribution in [2.75, 3.05) is 11.9 Å². The molecule has 1 aromatic heterocycles. The summed E-state index contributed by atoms with van der Waals surface area (Å²) in [6.07, 6.45) is 6.43. The van der Waals surface area contributed by atoms with Crippen molar-refractivity contribution in [3.05, 3.63) is 41.7 Å². The predicted octanol–water partition coefficient (Wildman–Crippen LogP) is 3.58. The molecule has 1 aliphatic carbocycles. The van der Waals surface area contributed by atoms with E-state index < -0.39 is 0 Å². The molecular formula is C16H19N3O. The molecule has 3 rings (SSSR count). The number of nitrogens with zero attached hydrogens (tertiary/aromatic N) is 2. The van der Waals surface area contributed by atoms with Crippen molar-refractivity contribution in [3.63, 3.8) is 0 Å². The maximum absolute atomic E-state index is 5.84. The Morgan fingerprint density at radius 2 is 1.95 bits per heavy atom. The number of rotatable bonds is 4. The first kappa shape index (κ1) is 12.9. The molecule has 4 heteroatoms. The van der Waals surface area contributed by atoms with Crippen LogP contribution in [0.1, 0.15) is 30.9 Å². The Kier molecular flexibility index (Phi) is 3.81.